The Morgan fingerprint density at radius 1 is 1.23 bits per heavy atom. The molecule has 0 atom stereocenters. The average molecular weight is 439 g/mol. The van der Waals surface area contributed by atoms with E-state index in [4.69, 9.17) is 9.94 Å². The first-order chi connectivity index (χ1) is 15.1. The third-order valence-corrected chi connectivity index (χ3v) is 5.68. The molecular weight excluding hydrogens is 416 g/mol. The van der Waals surface area contributed by atoms with Gasteiger partial charge in [-0.25, -0.2) is 5.48 Å². The van der Waals surface area contributed by atoms with Gasteiger partial charge in [-0.1, -0.05) is 18.2 Å². The van der Waals surface area contributed by atoms with Crippen LogP contribution >= 0.6 is 11.9 Å². The standard InChI is InChI=1S/C22H22N4O4S/c1-25-23-19(14-31-25)17-5-2-3-6-20(17)30-12-4-10-26-11-9-15-7-8-16(21(27)24-29)13-18(15)22(26)28/h2-3,5-9,11,13-14,23,29H,4,10,12H2,1H3,(H,24,27). The molecule has 0 radical (unpaired) electrons. The van der Waals surface area contributed by atoms with E-state index in [-0.39, 0.29) is 11.1 Å². The zero-order valence-electron chi connectivity index (χ0n) is 16.9. The number of para-hydroxylation sites is 1. The van der Waals surface area contributed by atoms with Gasteiger partial charge in [0.25, 0.3) is 11.5 Å². The minimum Gasteiger partial charge on any atom is -0.493 e. The Bertz CT molecular complexity index is 1210. The number of hydroxylamine groups is 1. The van der Waals surface area contributed by atoms with Crippen molar-refractivity contribution in [2.24, 2.45) is 0 Å². The molecule has 8 nitrogen and oxygen atoms in total. The third-order valence-electron chi connectivity index (χ3n) is 4.93. The lowest BCUT2D eigenvalue weighted by Gasteiger charge is -2.15. The van der Waals surface area contributed by atoms with E-state index in [1.165, 1.54) is 6.07 Å². The van der Waals surface area contributed by atoms with Crippen LogP contribution in [0.25, 0.3) is 16.5 Å². The maximum Gasteiger partial charge on any atom is 0.274 e. The summed E-state index contributed by atoms with van der Waals surface area (Å²) in [4.78, 5) is 24.5. The number of carbonyl (C=O) groups is 1. The first-order valence-electron chi connectivity index (χ1n) is 9.74. The smallest absolute Gasteiger partial charge is 0.274 e. The predicted octanol–water partition coefficient (Wildman–Crippen LogP) is 2.99. The van der Waals surface area contributed by atoms with Crippen LogP contribution in [0.4, 0.5) is 0 Å². The molecule has 31 heavy (non-hydrogen) atoms. The summed E-state index contributed by atoms with van der Waals surface area (Å²) in [6, 6.07) is 14.4. The van der Waals surface area contributed by atoms with E-state index in [9.17, 15) is 9.59 Å². The molecule has 160 valence electrons. The van der Waals surface area contributed by atoms with Gasteiger partial charge in [0.05, 0.1) is 12.3 Å². The summed E-state index contributed by atoms with van der Waals surface area (Å²) in [5, 5.41) is 12.0. The van der Waals surface area contributed by atoms with Crippen molar-refractivity contribution in [3.63, 3.8) is 0 Å². The molecule has 2 heterocycles. The number of fused-ring (bicyclic) bond motifs is 1. The molecule has 0 fully saturated rings. The molecule has 4 rings (SSSR count). The van der Waals surface area contributed by atoms with Gasteiger partial charge < -0.3 is 14.7 Å². The molecule has 1 aliphatic heterocycles. The van der Waals surface area contributed by atoms with Crippen LogP contribution in [0, 0.1) is 0 Å². The second-order valence-corrected chi connectivity index (χ2v) is 8.00. The van der Waals surface area contributed by atoms with E-state index in [0.717, 1.165) is 22.4 Å². The maximum atomic E-state index is 12.8. The number of hydrazine groups is 1. The summed E-state index contributed by atoms with van der Waals surface area (Å²) in [7, 11) is 1.94. The lowest BCUT2D eigenvalue weighted by Crippen LogP contribution is -2.22. The number of aromatic nitrogens is 1. The normalized spacial score (nSPS) is 13.7. The van der Waals surface area contributed by atoms with Crippen molar-refractivity contribution in [3.05, 3.63) is 81.6 Å². The fourth-order valence-electron chi connectivity index (χ4n) is 3.37. The second kappa shape index (κ2) is 9.25. The van der Waals surface area contributed by atoms with Gasteiger partial charge in [-0.05, 0) is 54.1 Å². The molecule has 0 saturated carbocycles. The van der Waals surface area contributed by atoms with Crippen molar-refractivity contribution < 1.29 is 14.7 Å². The molecule has 1 aromatic heterocycles. The first-order valence-corrected chi connectivity index (χ1v) is 10.6. The van der Waals surface area contributed by atoms with Gasteiger partial charge >= 0.3 is 0 Å². The molecule has 0 unspecified atom stereocenters. The van der Waals surface area contributed by atoms with E-state index in [1.54, 1.807) is 40.3 Å². The van der Waals surface area contributed by atoms with Crippen molar-refractivity contribution in [2.45, 2.75) is 13.0 Å². The number of carbonyl (C=O) groups excluding carboxylic acids is 1. The Morgan fingerprint density at radius 3 is 2.84 bits per heavy atom. The minimum atomic E-state index is -0.653. The monoisotopic (exact) mass is 438 g/mol. The van der Waals surface area contributed by atoms with Crippen molar-refractivity contribution in [1.82, 2.24) is 19.9 Å². The number of ether oxygens (including phenoxy) is 1. The Kier molecular flexibility index (Phi) is 6.26. The summed E-state index contributed by atoms with van der Waals surface area (Å²) < 4.78 is 9.51. The quantitative estimate of drug-likeness (QED) is 0.226. The molecule has 0 spiro atoms. The summed E-state index contributed by atoms with van der Waals surface area (Å²) in [6.07, 6.45) is 2.38. The van der Waals surface area contributed by atoms with Crippen LogP contribution in [0.15, 0.2) is 64.9 Å². The Morgan fingerprint density at radius 2 is 2.06 bits per heavy atom. The number of pyridine rings is 1. The highest BCUT2D eigenvalue weighted by atomic mass is 32.2. The summed E-state index contributed by atoms with van der Waals surface area (Å²) >= 11 is 1.57. The molecule has 9 heteroatoms. The number of nitrogens with zero attached hydrogens (tertiary/aromatic N) is 2. The van der Waals surface area contributed by atoms with Crippen LogP contribution in [0.3, 0.4) is 0 Å². The first kappa shape index (κ1) is 21.0. The van der Waals surface area contributed by atoms with Crippen LogP contribution in [0.1, 0.15) is 22.3 Å². The van der Waals surface area contributed by atoms with Crippen LogP contribution in [0.2, 0.25) is 0 Å². The lowest BCUT2D eigenvalue weighted by molar-refractivity contribution is 0.0706. The van der Waals surface area contributed by atoms with E-state index < -0.39 is 5.91 Å². The number of aryl methyl sites for hydroxylation is 1. The molecule has 0 bridgehead atoms. The summed E-state index contributed by atoms with van der Waals surface area (Å²) in [5.41, 5.74) is 6.85. The van der Waals surface area contributed by atoms with E-state index in [2.05, 4.69) is 5.43 Å². The highest BCUT2D eigenvalue weighted by molar-refractivity contribution is 8.00. The van der Waals surface area contributed by atoms with Crippen LogP contribution < -0.4 is 21.2 Å². The molecule has 1 amide bonds. The number of nitrogens with one attached hydrogen (secondary N) is 2. The molecule has 0 saturated heterocycles. The molecule has 3 N–H and O–H groups in total. The Labute approximate surface area is 183 Å². The maximum absolute atomic E-state index is 12.8. The zero-order chi connectivity index (χ0) is 21.8. The largest absolute Gasteiger partial charge is 0.493 e. The average Bonchev–Trinajstić information content (AvgIpc) is 3.23. The lowest BCUT2D eigenvalue weighted by atomic mass is 10.1. The van der Waals surface area contributed by atoms with Crippen LogP contribution in [-0.4, -0.2) is 33.8 Å². The van der Waals surface area contributed by atoms with Crippen molar-refractivity contribution in [2.75, 3.05) is 13.7 Å². The summed E-state index contributed by atoms with van der Waals surface area (Å²) in [5.74, 6) is 0.128. The Balaban J connectivity index is 1.43. The molecule has 3 aromatic rings. The topological polar surface area (TPSA) is 95.8 Å². The van der Waals surface area contributed by atoms with Crippen molar-refractivity contribution >= 4 is 34.3 Å². The number of benzene rings is 2. The van der Waals surface area contributed by atoms with E-state index >= 15 is 0 Å². The van der Waals surface area contributed by atoms with Gasteiger partial charge in [0, 0.05) is 41.7 Å². The van der Waals surface area contributed by atoms with Gasteiger partial charge in [0.1, 0.15) is 5.75 Å². The number of rotatable bonds is 7. The van der Waals surface area contributed by atoms with Gasteiger partial charge in [0.15, 0.2) is 0 Å². The van der Waals surface area contributed by atoms with E-state index in [0.29, 0.717) is 25.0 Å². The molecule has 1 aliphatic rings. The summed E-state index contributed by atoms with van der Waals surface area (Å²) in [6.45, 7) is 0.928. The highest BCUT2D eigenvalue weighted by Gasteiger charge is 2.15. The highest BCUT2D eigenvalue weighted by Crippen LogP contribution is 2.30. The number of hydrogen-bond donors (Lipinski definition) is 3. The second-order valence-electron chi connectivity index (χ2n) is 7.00. The Hall–Kier alpha value is -3.27. The minimum absolute atomic E-state index is 0.189. The fraction of sp³-hybridized carbons (Fsp3) is 0.182. The molecule has 2 aromatic carbocycles. The molecular formula is C22H22N4O4S. The fourth-order valence-corrected chi connectivity index (χ4v) is 3.97. The molecule has 0 aliphatic carbocycles. The van der Waals surface area contributed by atoms with Crippen LogP contribution in [0.5, 0.6) is 5.75 Å². The van der Waals surface area contributed by atoms with Gasteiger partial charge in [-0.2, -0.15) is 4.41 Å². The number of amides is 1. The van der Waals surface area contributed by atoms with Crippen molar-refractivity contribution in [3.8, 4) is 5.75 Å². The van der Waals surface area contributed by atoms with Crippen LogP contribution in [-0.2, 0) is 6.54 Å². The van der Waals surface area contributed by atoms with Crippen molar-refractivity contribution in [1.29, 1.82) is 0 Å². The number of hydrogen-bond acceptors (Lipinski definition) is 7. The van der Waals surface area contributed by atoms with Gasteiger partial charge in [-0.3, -0.25) is 14.8 Å². The van der Waals surface area contributed by atoms with Gasteiger partial charge in [-0.15, -0.1) is 0 Å². The third kappa shape index (κ3) is 4.58. The zero-order valence-corrected chi connectivity index (χ0v) is 17.7. The van der Waals surface area contributed by atoms with E-state index in [1.807, 2.05) is 47.2 Å². The predicted molar refractivity (Wildman–Crippen MR) is 120 cm³/mol. The van der Waals surface area contributed by atoms with Gasteiger partial charge in [0.2, 0.25) is 0 Å². The SMILES string of the molecule is CN1NC(c2ccccc2OCCCn2ccc3ccc(C(=O)NO)cc3c2=O)=CS1.